The zero-order valence-corrected chi connectivity index (χ0v) is 23.2. The number of carboxylic acid groups (broad SMARTS) is 1. The zero-order valence-electron chi connectivity index (χ0n) is 20.7. The molecule has 196 valence electrons. The summed E-state index contributed by atoms with van der Waals surface area (Å²) in [5.74, 6) is -3.17. The Morgan fingerprint density at radius 3 is 2.50 bits per heavy atom. The number of halogens is 1. The molecule has 1 atom stereocenters. The number of anilines is 1. The molecule has 0 radical (unpaired) electrons. The third-order valence-corrected chi connectivity index (χ3v) is 9.55. The lowest BCUT2D eigenvalue weighted by molar-refractivity contribution is -0.134. The van der Waals surface area contributed by atoms with Gasteiger partial charge in [0.05, 0.1) is 10.6 Å². The van der Waals surface area contributed by atoms with Gasteiger partial charge in [-0.05, 0) is 42.7 Å². The summed E-state index contributed by atoms with van der Waals surface area (Å²) in [6.07, 6.45) is 6.84. The Morgan fingerprint density at radius 1 is 1.22 bits per heavy atom. The second-order valence-electron chi connectivity index (χ2n) is 8.41. The van der Waals surface area contributed by atoms with E-state index in [1.54, 1.807) is 31.1 Å². The summed E-state index contributed by atoms with van der Waals surface area (Å²) >= 11 is 2.96. The summed E-state index contributed by atoms with van der Waals surface area (Å²) < 4.78 is 47.8. The van der Waals surface area contributed by atoms with Crippen LogP contribution in [0, 0.1) is 0 Å². The molecule has 1 heterocycles. The van der Waals surface area contributed by atoms with E-state index in [9.17, 15) is 17.6 Å². The molecular weight excluding hydrogens is 523 g/mol. The fourth-order valence-corrected chi connectivity index (χ4v) is 6.56. The number of hydrogen-bond acceptors (Lipinski definition) is 7. The molecule has 0 fully saturated rings. The fraction of sp³-hybridized carbons (Fsp3) is 0.400. The predicted octanol–water partition coefficient (Wildman–Crippen LogP) is 5.60. The average Bonchev–Trinajstić information content (AvgIpc) is 2.94. The number of likely N-dealkylation sites (N-methyl/N-ethyl adjacent to an activating group) is 1. The molecule has 0 amide bonds. The van der Waals surface area contributed by atoms with Crippen molar-refractivity contribution in [2.75, 3.05) is 31.0 Å². The van der Waals surface area contributed by atoms with Gasteiger partial charge in [-0.25, -0.2) is 13.2 Å². The molecule has 0 aliphatic carbocycles. The van der Waals surface area contributed by atoms with E-state index < -0.39 is 21.8 Å². The number of ether oxygens (including phenoxy) is 1. The van der Waals surface area contributed by atoms with Crippen molar-refractivity contribution in [3.05, 3.63) is 54.1 Å². The van der Waals surface area contributed by atoms with E-state index in [1.807, 2.05) is 30.5 Å². The minimum Gasteiger partial charge on any atom is -0.476 e. The number of sulfonamides is 1. The number of fused-ring (bicyclic) bond motifs is 1. The number of benzene rings is 2. The van der Waals surface area contributed by atoms with Gasteiger partial charge in [0, 0.05) is 37.1 Å². The molecule has 3 rings (SSSR count). The molecule has 1 unspecified atom stereocenters. The number of aliphatic carboxylic acids is 1. The Kier molecular flexibility index (Phi) is 9.73. The molecular formula is C25H31FN2O5S3. The van der Waals surface area contributed by atoms with Gasteiger partial charge in [-0.2, -0.15) is 8.70 Å². The lowest BCUT2D eigenvalue weighted by Gasteiger charge is -2.30. The first-order valence-corrected chi connectivity index (χ1v) is 15.3. The number of carboxylic acids is 1. The molecule has 1 aliphatic heterocycles. The van der Waals surface area contributed by atoms with E-state index in [0.29, 0.717) is 36.4 Å². The van der Waals surface area contributed by atoms with Crippen LogP contribution in [0.4, 0.5) is 10.1 Å². The lowest BCUT2D eigenvalue weighted by atomic mass is 10.1. The summed E-state index contributed by atoms with van der Waals surface area (Å²) in [5, 5.41) is 8.80. The second-order valence-corrected chi connectivity index (χ2v) is 12.1. The summed E-state index contributed by atoms with van der Waals surface area (Å²) in [6, 6.07) is 11.0. The van der Waals surface area contributed by atoms with Crippen molar-refractivity contribution in [3.63, 3.8) is 0 Å². The Labute approximate surface area is 220 Å². The molecule has 0 saturated carbocycles. The van der Waals surface area contributed by atoms with Gasteiger partial charge >= 0.3 is 5.97 Å². The molecule has 36 heavy (non-hydrogen) atoms. The first-order valence-electron chi connectivity index (χ1n) is 11.5. The molecule has 2 aromatic carbocycles. The highest BCUT2D eigenvalue weighted by Crippen LogP contribution is 2.41. The van der Waals surface area contributed by atoms with Gasteiger partial charge in [-0.3, -0.25) is 0 Å². The molecule has 0 saturated heterocycles. The van der Waals surface area contributed by atoms with Crippen molar-refractivity contribution in [1.82, 2.24) is 4.31 Å². The fourth-order valence-electron chi connectivity index (χ4n) is 4.03. The van der Waals surface area contributed by atoms with Crippen molar-refractivity contribution in [3.8, 4) is 5.75 Å². The summed E-state index contributed by atoms with van der Waals surface area (Å²) in [6.45, 7) is 3.09. The van der Waals surface area contributed by atoms with Gasteiger partial charge < -0.3 is 14.7 Å². The van der Waals surface area contributed by atoms with Gasteiger partial charge in [0.25, 0.3) is 0 Å². The average molecular weight is 555 g/mol. The van der Waals surface area contributed by atoms with Crippen molar-refractivity contribution < 1.29 is 27.4 Å². The van der Waals surface area contributed by atoms with Crippen LogP contribution in [0.1, 0.15) is 31.7 Å². The predicted molar refractivity (Wildman–Crippen MR) is 143 cm³/mol. The summed E-state index contributed by atoms with van der Waals surface area (Å²) in [7, 11) is -2.32. The minimum atomic E-state index is -3.91. The molecule has 0 spiro atoms. The van der Waals surface area contributed by atoms with E-state index in [4.69, 9.17) is 9.84 Å². The van der Waals surface area contributed by atoms with Gasteiger partial charge in [0.15, 0.2) is 0 Å². The maximum absolute atomic E-state index is 13.7. The lowest BCUT2D eigenvalue weighted by Crippen LogP contribution is -2.41. The number of rotatable bonds is 10. The van der Waals surface area contributed by atoms with E-state index >= 15 is 0 Å². The Balaban J connectivity index is 2.14. The van der Waals surface area contributed by atoms with E-state index in [1.165, 1.54) is 22.1 Å². The smallest absolute Gasteiger partial charge is 0.368 e. The standard InChI is InChI=1S/C25H31FN2O5S3/c1-5-6-7-18-15-28(14-17-8-10-19(34-3)11-9-17)21-12-23(35-4)22(33-16-20(26)25(29)30)13-24(21)36(31,32)27(18)2/h8-13,16,18H,5-7,14-15H2,1-4H3,(H,29,30)/b20-16-. The molecule has 1 N–H and O–H groups in total. The number of unbranched alkanes of at least 4 members (excludes halogenated alkanes) is 1. The summed E-state index contributed by atoms with van der Waals surface area (Å²) in [5.41, 5.74) is 1.58. The quantitative estimate of drug-likeness (QED) is 0.231. The monoisotopic (exact) mass is 554 g/mol. The van der Waals surface area contributed by atoms with E-state index in [0.717, 1.165) is 23.3 Å². The van der Waals surface area contributed by atoms with Crippen molar-refractivity contribution in [2.24, 2.45) is 0 Å². The maximum atomic E-state index is 13.7. The highest BCUT2D eigenvalue weighted by atomic mass is 32.2. The van der Waals surface area contributed by atoms with Crippen LogP contribution >= 0.6 is 23.5 Å². The van der Waals surface area contributed by atoms with Crippen LogP contribution in [0.25, 0.3) is 0 Å². The topological polar surface area (TPSA) is 87.1 Å². The van der Waals surface area contributed by atoms with Crippen LogP contribution in [0.15, 0.2) is 63.2 Å². The van der Waals surface area contributed by atoms with Gasteiger partial charge in [0.1, 0.15) is 16.9 Å². The molecule has 0 bridgehead atoms. The van der Waals surface area contributed by atoms with Crippen LogP contribution in [0.5, 0.6) is 5.75 Å². The third kappa shape index (κ3) is 6.37. The van der Waals surface area contributed by atoms with E-state index in [-0.39, 0.29) is 16.7 Å². The SMILES string of the molecule is CCCCC1CN(Cc2ccc(SC)cc2)c2cc(SC)c(O/C=C(\F)C(=O)O)cc2S(=O)(=O)N1C. The Morgan fingerprint density at radius 2 is 1.92 bits per heavy atom. The Bertz CT molecular complexity index is 1220. The largest absolute Gasteiger partial charge is 0.476 e. The second kappa shape index (κ2) is 12.4. The zero-order chi connectivity index (χ0) is 26.5. The molecule has 0 aromatic heterocycles. The van der Waals surface area contributed by atoms with Crippen LogP contribution in [-0.2, 0) is 21.4 Å². The first-order chi connectivity index (χ1) is 17.1. The van der Waals surface area contributed by atoms with Crippen LogP contribution in [0.3, 0.4) is 0 Å². The molecule has 2 aromatic rings. The summed E-state index contributed by atoms with van der Waals surface area (Å²) in [4.78, 5) is 14.7. The van der Waals surface area contributed by atoms with Crippen LogP contribution in [-0.4, -0.2) is 55.9 Å². The maximum Gasteiger partial charge on any atom is 0.368 e. The highest BCUT2D eigenvalue weighted by Gasteiger charge is 2.37. The molecule has 11 heteroatoms. The number of carbonyl (C=O) groups is 1. The van der Waals surface area contributed by atoms with Crippen molar-refractivity contribution in [2.45, 2.75) is 53.5 Å². The van der Waals surface area contributed by atoms with Gasteiger partial charge in [-0.15, -0.1) is 23.5 Å². The van der Waals surface area contributed by atoms with Crippen LogP contribution < -0.4 is 9.64 Å². The molecule has 1 aliphatic rings. The van der Waals surface area contributed by atoms with Crippen LogP contribution in [0.2, 0.25) is 0 Å². The number of nitrogens with zero attached hydrogens (tertiary/aromatic N) is 2. The highest BCUT2D eigenvalue weighted by molar-refractivity contribution is 7.99. The molecule has 7 nitrogen and oxygen atoms in total. The third-order valence-electron chi connectivity index (χ3n) is 6.11. The number of thioether (sulfide) groups is 2. The van der Waals surface area contributed by atoms with Crippen molar-refractivity contribution >= 4 is 45.2 Å². The van der Waals surface area contributed by atoms with Gasteiger partial charge in [-0.1, -0.05) is 31.9 Å². The number of hydrogen-bond donors (Lipinski definition) is 1. The van der Waals surface area contributed by atoms with Crippen molar-refractivity contribution in [1.29, 1.82) is 0 Å². The minimum absolute atomic E-state index is 0.0432. The normalized spacial score (nSPS) is 18.0. The van der Waals surface area contributed by atoms with E-state index in [2.05, 4.69) is 11.8 Å². The van der Waals surface area contributed by atoms with Gasteiger partial charge in [0.2, 0.25) is 15.9 Å². The first kappa shape index (κ1) is 28.4. The Hall–Kier alpha value is -2.21.